The second-order valence-electron chi connectivity index (χ2n) is 7.58. The van der Waals surface area contributed by atoms with E-state index in [1.54, 1.807) is 6.08 Å². The molecular weight excluding hydrogens is 260 g/mol. The number of carboxylic acid groups (broad SMARTS) is 1. The van der Waals surface area contributed by atoms with Gasteiger partial charge in [0.2, 0.25) is 0 Å². The quantitative estimate of drug-likeness (QED) is 0.676. The number of carboxylic acids is 1. The van der Waals surface area contributed by atoms with Crippen LogP contribution in [0.4, 0.5) is 0 Å². The molecule has 2 fully saturated rings. The van der Waals surface area contributed by atoms with Gasteiger partial charge < -0.3 is 5.11 Å². The van der Waals surface area contributed by atoms with Gasteiger partial charge in [-0.15, -0.1) is 6.58 Å². The molecule has 0 heterocycles. The highest BCUT2D eigenvalue weighted by Gasteiger charge is 2.30. The molecule has 0 saturated heterocycles. The van der Waals surface area contributed by atoms with E-state index < -0.39 is 5.97 Å². The summed E-state index contributed by atoms with van der Waals surface area (Å²) in [6.07, 6.45) is 14.8. The van der Waals surface area contributed by atoms with Crippen LogP contribution in [0.2, 0.25) is 0 Å². The van der Waals surface area contributed by atoms with E-state index in [0.717, 1.165) is 30.6 Å². The SMILES string of the molecule is C=CC(C(=O)O)C1CCC(CCC2CCC(C)CC2)CC1. The molecule has 1 atom stereocenters. The Kier molecular flexibility index (Phi) is 6.32. The summed E-state index contributed by atoms with van der Waals surface area (Å²) in [4.78, 5) is 11.2. The fraction of sp³-hybridized carbons (Fsp3) is 0.842. The number of aliphatic carboxylic acids is 1. The Morgan fingerprint density at radius 1 is 1.05 bits per heavy atom. The van der Waals surface area contributed by atoms with Crippen molar-refractivity contribution >= 4 is 5.97 Å². The first-order chi connectivity index (χ1) is 10.1. The van der Waals surface area contributed by atoms with Crippen molar-refractivity contribution < 1.29 is 9.90 Å². The van der Waals surface area contributed by atoms with Crippen LogP contribution in [0.15, 0.2) is 12.7 Å². The zero-order valence-electron chi connectivity index (χ0n) is 13.6. The van der Waals surface area contributed by atoms with Crippen LogP contribution in [0.3, 0.4) is 0 Å². The van der Waals surface area contributed by atoms with Crippen molar-refractivity contribution in [2.45, 2.75) is 71.1 Å². The van der Waals surface area contributed by atoms with Crippen molar-refractivity contribution in [3.63, 3.8) is 0 Å². The van der Waals surface area contributed by atoms with Gasteiger partial charge in [0.25, 0.3) is 0 Å². The lowest BCUT2D eigenvalue weighted by Gasteiger charge is -2.32. The molecule has 0 aromatic carbocycles. The summed E-state index contributed by atoms with van der Waals surface area (Å²) in [5, 5.41) is 9.22. The fourth-order valence-corrected chi connectivity index (χ4v) is 4.42. The third-order valence-corrected chi connectivity index (χ3v) is 6.06. The summed E-state index contributed by atoms with van der Waals surface area (Å²) in [6, 6.07) is 0. The summed E-state index contributed by atoms with van der Waals surface area (Å²) >= 11 is 0. The monoisotopic (exact) mass is 292 g/mol. The summed E-state index contributed by atoms with van der Waals surface area (Å²) in [5.74, 6) is 2.07. The summed E-state index contributed by atoms with van der Waals surface area (Å²) in [7, 11) is 0. The second-order valence-corrected chi connectivity index (χ2v) is 7.58. The number of hydrogen-bond acceptors (Lipinski definition) is 1. The van der Waals surface area contributed by atoms with Crippen LogP contribution in [-0.2, 0) is 4.79 Å². The zero-order chi connectivity index (χ0) is 15.2. The molecule has 120 valence electrons. The Hall–Kier alpha value is -0.790. The predicted octanol–water partition coefficient (Wildman–Crippen LogP) is 5.29. The predicted molar refractivity (Wildman–Crippen MR) is 87.1 cm³/mol. The summed E-state index contributed by atoms with van der Waals surface area (Å²) < 4.78 is 0. The summed E-state index contributed by atoms with van der Waals surface area (Å²) in [5.41, 5.74) is 0. The van der Waals surface area contributed by atoms with Crippen LogP contribution in [0.5, 0.6) is 0 Å². The van der Waals surface area contributed by atoms with Gasteiger partial charge in [-0.3, -0.25) is 4.79 Å². The van der Waals surface area contributed by atoms with E-state index >= 15 is 0 Å². The number of rotatable bonds is 6. The molecule has 0 aliphatic heterocycles. The van der Waals surface area contributed by atoms with Gasteiger partial charge in [-0.2, -0.15) is 0 Å². The molecule has 2 heteroatoms. The van der Waals surface area contributed by atoms with Crippen LogP contribution in [0.1, 0.15) is 71.1 Å². The second kappa shape index (κ2) is 8.00. The molecule has 2 saturated carbocycles. The molecule has 2 rings (SSSR count). The lowest BCUT2D eigenvalue weighted by atomic mass is 9.73. The van der Waals surface area contributed by atoms with Crippen LogP contribution < -0.4 is 0 Å². The van der Waals surface area contributed by atoms with Gasteiger partial charge in [0.15, 0.2) is 0 Å². The van der Waals surface area contributed by atoms with Crippen LogP contribution in [0.25, 0.3) is 0 Å². The Bertz CT molecular complexity index is 333. The van der Waals surface area contributed by atoms with Crippen molar-refractivity contribution in [2.75, 3.05) is 0 Å². The highest BCUT2D eigenvalue weighted by Crippen LogP contribution is 2.38. The average Bonchev–Trinajstić information content (AvgIpc) is 2.48. The molecule has 1 unspecified atom stereocenters. The van der Waals surface area contributed by atoms with Crippen molar-refractivity contribution in [1.82, 2.24) is 0 Å². The maximum absolute atomic E-state index is 11.2. The first-order valence-corrected chi connectivity index (χ1v) is 8.95. The third kappa shape index (κ3) is 4.86. The van der Waals surface area contributed by atoms with Crippen LogP contribution in [0, 0.1) is 29.6 Å². The minimum Gasteiger partial charge on any atom is -0.481 e. The Labute approximate surface area is 130 Å². The smallest absolute Gasteiger partial charge is 0.310 e. The van der Waals surface area contributed by atoms with E-state index in [0.29, 0.717) is 5.92 Å². The van der Waals surface area contributed by atoms with Crippen LogP contribution in [-0.4, -0.2) is 11.1 Å². The van der Waals surface area contributed by atoms with Gasteiger partial charge in [-0.1, -0.05) is 64.4 Å². The Morgan fingerprint density at radius 2 is 1.52 bits per heavy atom. The highest BCUT2D eigenvalue weighted by molar-refractivity contribution is 5.72. The van der Waals surface area contributed by atoms with Gasteiger partial charge in [-0.05, 0) is 36.5 Å². The molecule has 0 amide bonds. The van der Waals surface area contributed by atoms with Gasteiger partial charge in [-0.25, -0.2) is 0 Å². The maximum Gasteiger partial charge on any atom is 0.310 e. The van der Waals surface area contributed by atoms with E-state index in [9.17, 15) is 9.90 Å². The molecule has 0 radical (unpaired) electrons. The molecule has 1 N–H and O–H groups in total. The molecule has 2 aliphatic rings. The Balaban J connectivity index is 1.67. The van der Waals surface area contributed by atoms with Gasteiger partial charge in [0.1, 0.15) is 0 Å². The van der Waals surface area contributed by atoms with Crippen molar-refractivity contribution in [3.05, 3.63) is 12.7 Å². The fourth-order valence-electron chi connectivity index (χ4n) is 4.42. The minimum absolute atomic E-state index is 0.326. The van der Waals surface area contributed by atoms with Gasteiger partial charge in [0, 0.05) is 0 Å². The van der Waals surface area contributed by atoms with Crippen molar-refractivity contribution in [3.8, 4) is 0 Å². The van der Waals surface area contributed by atoms with E-state index in [1.807, 2.05) is 0 Å². The normalized spacial score (nSPS) is 35.1. The van der Waals surface area contributed by atoms with E-state index in [4.69, 9.17) is 0 Å². The van der Waals surface area contributed by atoms with E-state index in [2.05, 4.69) is 13.5 Å². The number of hydrogen-bond donors (Lipinski definition) is 1. The largest absolute Gasteiger partial charge is 0.481 e. The molecule has 2 nitrogen and oxygen atoms in total. The first kappa shape index (κ1) is 16.6. The molecule has 2 aliphatic carbocycles. The average molecular weight is 292 g/mol. The number of carbonyl (C=O) groups is 1. The molecule has 0 aromatic rings. The van der Waals surface area contributed by atoms with E-state index in [-0.39, 0.29) is 5.92 Å². The first-order valence-electron chi connectivity index (χ1n) is 8.95. The van der Waals surface area contributed by atoms with Crippen molar-refractivity contribution in [1.29, 1.82) is 0 Å². The molecule has 0 spiro atoms. The maximum atomic E-state index is 11.2. The molecule has 21 heavy (non-hydrogen) atoms. The minimum atomic E-state index is -0.690. The lowest BCUT2D eigenvalue weighted by molar-refractivity contribution is -0.142. The molecular formula is C19H32O2. The topological polar surface area (TPSA) is 37.3 Å². The zero-order valence-corrected chi connectivity index (χ0v) is 13.6. The Morgan fingerprint density at radius 3 is 1.95 bits per heavy atom. The molecule has 0 aromatic heterocycles. The van der Waals surface area contributed by atoms with Crippen molar-refractivity contribution in [2.24, 2.45) is 29.6 Å². The lowest BCUT2D eigenvalue weighted by Crippen LogP contribution is -2.26. The third-order valence-electron chi connectivity index (χ3n) is 6.06. The standard InChI is InChI=1S/C19H32O2/c1-3-18(19(20)21)17-12-10-16(11-13-17)9-8-15-6-4-14(2)5-7-15/h3,14-18H,1,4-13H2,2H3,(H,20,21). The highest BCUT2D eigenvalue weighted by atomic mass is 16.4. The molecule has 0 bridgehead atoms. The van der Waals surface area contributed by atoms with Crippen LogP contribution >= 0.6 is 0 Å². The van der Waals surface area contributed by atoms with Gasteiger partial charge in [0.05, 0.1) is 5.92 Å². The van der Waals surface area contributed by atoms with Gasteiger partial charge >= 0.3 is 5.97 Å². The summed E-state index contributed by atoms with van der Waals surface area (Å²) in [6.45, 7) is 6.08. The van der Waals surface area contributed by atoms with E-state index in [1.165, 1.54) is 51.4 Å².